The molecule has 0 aliphatic carbocycles. The molecule has 2 rings (SSSR count). The summed E-state index contributed by atoms with van der Waals surface area (Å²) in [7, 11) is 0. The second-order valence-electron chi connectivity index (χ2n) is 4.02. The molecule has 2 N–H and O–H groups in total. The zero-order valence-corrected chi connectivity index (χ0v) is 9.63. The maximum atomic E-state index is 13.3. The molecule has 92 valence electrons. The summed E-state index contributed by atoms with van der Waals surface area (Å²) in [6, 6.07) is 4.61. The summed E-state index contributed by atoms with van der Waals surface area (Å²) in [6.07, 6.45) is -0.506. The molecule has 1 unspecified atom stereocenters. The standard InChI is InChI=1S/C12H15FN2O2/c1-8-2-3-9(6-10(8)13)15-12(16)11-7-14-4-5-17-11/h2-3,6,11,14H,4-5,7H2,1H3,(H,15,16). The van der Waals surface area contributed by atoms with Crippen molar-refractivity contribution in [1.29, 1.82) is 0 Å². The van der Waals surface area contributed by atoms with Gasteiger partial charge in [-0.1, -0.05) is 6.07 Å². The van der Waals surface area contributed by atoms with Crippen molar-refractivity contribution in [2.75, 3.05) is 25.0 Å². The summed E-state index contributed by atoms with van der Waals surface area (Å²) in [4.78, 5) is 11.8. The Kier molecular flexibility index (Phi) is 3.71. The monoisotopic (exact) mass is 238 g/mol. The van der Waals surface area contributed by atoms with Crippen molar-refractivity contribution >= 4 is 11.6 Å². The Labute approximate surface area is 99.2 Å². The fourth-order valence-electron chi connectivity index (χ4n) is 1.63. The third-order valence-corrected chi connectivity index (χ3v) is 2.66. The topological polar surface area (TPSA) is 50.4 Å². The van der Waals surface area contributed by atoms with E-state index in [-0.39, 0.29) is 11.7 Å². The predicted molar refractivity (Wildman–Crippen MR) is 62.4 cm³/mol. The molecule has 1 amide bonds. The third-order valence-electron chi connectivity index (χ3n) is 2.66. The normalized spacial score (nSPS) is 20.0. The van der Waals surface area contributed by atoms with Gasteiger partial charge in [0.25, 0.3) is 5.91 Å². The van der Waals surface area contributed by atoms with Crippen LogP contribution in [0.15, 0.2) is 18.2 Å². The van der Waals surface area contributed by atoms with Gasteiger partial charge in [0, 0.05) is 18.8 Å². The van der Waals surface area contributed by atoms with Crippen LogP contribution in [0, 0.1) is 12.7 Å². The molecule has 0 saturated carbocycles. The van der Waals surface area contributed by atoms with E-state index in [4.69, 9.17) is 4.74 Å². The summed E-state index contributed by atoms with van der Waals surface area (Å²) in [6.45, 7) is 3.43. The third kappa shape index (κ3) is 3.01. The number of rotatable bonds is 2. The average Bonchev–Trinajstić information content (AvgIpc) is 2.35. The van der Waals surface area contributed by atoms with Gasteiger partial charge >= 0.3 is 0 Å². The minimum atomic E-state index is -0.506. The Bertz CT molecular complexity index is 417. The summed E-state index contributed by atoms with van der Waals surface area (Å²) in [5, 5.41) is 5.70. The Hall–Kier alpha value is -1.46. The lowest BCUT2D eigenvalue weighted by Crippen LogP contribution is -2.45. The van der Waals surface area contributed by atoms with Crippen LogP contribution in [0.5, 0.6) is 0 Å². The maximum absolute atomic E-state index is 13.3. The fourth-order valence-corrected chi connectivity index (χ4v) is 1.63. The number of ether oxygens (including phenoxy) is 1. The summed E-state index contributed by atoms with van der Waals surface area (Å²) < 4.78 is 18.6. The lowest BCUT2D eigenvalue weighted by molar-refractivity contribution is -0.128. The number of halogens is 1. The van der Waals surface area contributed by atoms with Gasteiger partial charge in [0.2, 0.25) is 0 Å². The number of anilines is 1. The van der Waals surface area contributed by atoms with Crippen LogP contribution in [0.25, 0.3) is 0 Å². The number of amides is 1. The first-order chi connectivity index (χ1) is 8.16. The summed E-state index contributed by atoms with van der Waals surface area (Å²) >= 11 is 0. The first-order valence-electron chi connectivity index (χ1n) is 5.56. The number of hydrogen-bond acceptors (Lipinski definition) is 3. The van der Waals surface area contributed by atoms with Gasteiger partial charge in [-0.25, -0.2) is 4.39 Å². The van der Waals surface area contributed by atoms with E-state index >= 15 is 0 Å². The van der Waals surface area contributed by atoms with E-state index in [9.17, 15) is 9.18 Å². The molecule has 1 aliphatic rings. The van der Waals surface area contributed by atoms with Crippen LogP contribution in [0.1, 0.15) is 5.56 Å². The maximum Gasteiger partial charge on any atom is 0.254 e. The molecular weight excluding hydrogens is 223 g/mol. The first-order valence-corrected chi connectivity index (χ1v) is 5.56. The van der Waals surface area contributed by atoms with Crippen LogP contribution in [-0.4, -0.2) is 31.7 Å². The molecular formula is C12H15FN2O2. The quantitative estimate of drug-likeness (QED) is 0.810. The van der Waals surface area contributed by atoms with E-state index in [0.717, 1.165) is 6.54 Å². The zero-order valence-electron chi connectivity index (χ0n) is 9.63. The minimum Gasteiger partial charge on any atom is -0.366 e. The van der Waals surface area contributed by atoms with E-state index in [2.05, 4.69) is 10.6 Å². The van der Waals surface area contributed by atoms with Crippen molar-refractivity contribution in [1.82, 2.24) is 5.32 Å². The van der Waals surface area contributed by atoms with E-state index in [1.807, 2.05) is 0 Å². The largest absolute Gasteiger partial charge is 0.366 e. The number of hydrogen-bond donors (Lipinski definition) is 2. The molecule has 4 nitrogen and oxygen atoms in total. The van der Waals surface area contributed by atoms with Crippen LogP contribution in [-0.2, 0) is 9.53 Å². The van der Waals surface area contributed by atoms with Gasteiger partial charge in [0.05, 0.1) is 6.61 Å². The SMILES string of the molecule is Cc1ccc(NC(=O)C2CNCCO2)cc1F. The van der Waals surface area contributed by atoms with Gasteiger partial charge in [-0.3, -0.25) is 4.79 Å². The average molecular weight is 238 g/mol. The van der Waals surface area contributed by atoms with E-state index in [0.29, 0.717) is 24.4 Å². The lowest BCUT2D eigenvalue weighted by atomic mass is 10.2. The molecule has 1 fully saturated rings. The number of aryl methyl sites for hydroxylation is 1. The van der Waals surface area contributed by atoms with Gasteiger partial charge in [0.15, 0.2) is 0 Å². The van der Waals surface area contributed by atoms with Gasteiger partial charge in [-0.15, -0.1) is 0 Å². The van der Waals surface area contributed by atoms with Gasteiger partial charge < -0.3 is 15.4 Å². The smallest absolute Gasteiger partial charge is 0.254 e. The lowest BCUT2D eigenvalue weighted by Gasteiger charge is -2.22. The summed E-state index contributed by atoms with van der Waals surface area (Å²) in [5.74, 6) is -0.578. The molecule has 17 heavy (non-hydrogen) atoms. The highest BCUT2D eigenvalue weighted by molar-refractivity contribution is 5.94. The van der Waals surface area contributed by atoms with Crippen LogP contribution in [0.3, 0.4) is 0 Å². The van der Waals surface area contributed by atoms with Crippen molar-refractivity contribution in [2.24, 2.45) is 0 Å². The number of morpholine rings is 1. The van der Waals surface area contributed by atoms with Crippen molar-refractivity contribution in [2.45, 2.75) is 13.0 Å². The molecule has 1 aromatic rings. The van der Waals surface area contributed by atoms with E-state index in [1.165, 1.54) is 6.07 Å². The van der Waals surface area contributed by atoms with Crippen molar-refractivity contribution < 1.29 is 13.9 Å². The second kappa shape index (κ2) is 5.25. The predicted octanol–water partition coefficient (Wildman–Crippen LogP) is 1.06. The fraction of sp³-hybridized carbons (Fsp3) is 0.417. The Morgan fingerprint density at radius 3 is 3.06 bits per heavy atom. The molecule has 0 aromatic heterocycles. The number of nitrogens with one attached hydrogen (secondary N) is 2. The number of carbonyl (C=O) groups excluding carboxylic acids is 1. The first kappa shape index (κ1) is 12.0. The molecule has 1 aliphatic heterocycles. The van der Waals surface area contributed by atoms with Gasteiger partial charge in [-0.05, 0) is 24.6 Å². The Morgan fingerprint density at radius 1 is 1.59 bits per heavy atom. The highest BCUT2D eigenvalue weighted by Crippen LogP contribution is 2.14. The molecule has 5 heteroatoms. The van der Waals surface area contributed by atoms with Crippen molar-refractivity contribution in [3.05, 3.63) is 29.6 Å². The molecule has 0 spiro atoms. The van der Waals surface area contributed by atoms with Gasteiger partial charge in [-0.2, -0.15) is 0 Å². The highest BCUT2D eigenvalue weighted by Gasteiger charge is 2.21. The Morgan fingerprint density at radius 2 is 2.41 bits per heavy atom. The minimum absolute atomic E-state index is 0.250. The van der Waals surface area contributed by atoms with E-state index < -0.39 is 6.10 Å². The Balaban J connectivity index is 1.99. The van der Waals surface area contributed by atoms with Crippen LogP contribution >= 0.6 is 0 Å². The van der Waals surface area contributed by atoms with Crippen molar-refractivity contribution in [3.63, 3.8) is 0 Å². The molecule has 1 saturated heterocycles. The van der Waals surface area contributed by atoms with E-state index in [1.54, 1.807) is 19.1 Å². The zero-order chi connectivity index (χ0) is 12.3. The molecule has 1 atom stereocenters. The molecule has 0 bridgehead atoms. The van der Waals surface area contributed by atoms with Gasteiger partial charge in [0.1, 0.15) is 11.9 Å². The van der Waals surface area contributed by atoms with Crippen LogP contribution < -0.4 is 10.6 Å². The van der Waals surface area contributed by atoms with Crippen LogP contribution in [0.2, 0.25) is 0 Å². The van der Waals surface area contributed by atoms with Crippen molar-refractivity contribution in [3.8, 4) is 0 Å². The molecule has 1 aromatic carbocycles. The molecule has 0 radical (unpaired) electrons. The number of benzene rings is 1. The highest BCUT2D eigenvalue weighted by atomic mass is 19.1. The second-order valence-corrected chi connectivity index (χ2v) is 4.02. The summed E-state index contributed by atoms with van der Waals surface area (Å²) in [5.41, 5.74) is 1.01. The molecule has 1 heterocycles. The van der Waals surface area contributed by atoms with Crippen LogP contribution in [0.4, 0.5) is 10.1 Å². The number of carbonyl (C=O) groups is 1.